The summed E-state index contributed by atoms with van der Waals surface area (Å²) >= 11 is 12.9. The van der Waals surface area contributed by atoms with Gasteiger partial charge in [-0.3, -0.25) is 9.59 Å². The molecule has 18 heteroatoms. The number of aryl methyl sites for hydroxylation is 1. The van der Waals surface area contributed by atoms with Crippen molar-refractivity contribution < 1.29 is 42.1 Å². The number of ether oxygens (including phenoxy) is 3. The number of nitrogens with zero attached hydrogens (tertiary/aromatic N) is 3. The zero-order valence-electron chi connectivity index (χ0n) is 35.6. The molecule has 2 aliphatic rings. The Morgan fingerprint density at radius 3 is 2.26 bits per heavy atom. The van der Waals surface area contributed by atoms with Gasteiger partial charge in [-0.2, -0.15) is 9.57 Å². The molecule has 0 saturated carbocycles. The van der Waals surface area contributed by atoms with Crippen molar-refractivity contribution >= 4 is 67.5 Å². The summed E-state index contributed by atoms with van der Waals surface area (Å²) < 4.78 is 48.9. The van der Waals surface area contributed by atoms with Crippen LogP contribution in [-0.4, -0.2) is 58.8 Å². The molecule has 5 aromatic carbocycles. The van der Waals surface area contributed by atoms with Crippen molar-refractivity contribution in [3.63, 3.8) is 0 Å². The molecule has 2 aliphatic heterocycles. The maximum absolute atomic E-state index is 14.7. The molecule has 0 fully saturated rings. The third-order valence-corrected chi connectivity index (χ3v) is 15.5. The maximum atomic E-state index is 14.7. The Labute approximate surface area is 394 Å². The molecule has 0 radical (unpaired) electrons. The summed E-state index contributed by atoms with van der Waals surface area (Å²) in [5, 5.41) is 25.9. The molecule has 1 unspecified atom stereocenters. The van der Waals surface area contributed by atoms with Crippen LogP contribution in [0.15, 0.2) is 107 Å². The third kappa shape index (κ3) is 9.86. The Bertz CT molecular complexity index is 3010. The number of nitrogens with one attached hydrogen (secondary N) is 2. The number of hydrogen-bond acceptors (Lipinski definition) is 11. The van der Waals surface area contributed by atoms with Gasteiger partial charge in [-0.05, 0) is 108 Å². The molecule has 3 atom stereocenters. The first kappa shape index (κ1) is 46.1. The molecule has 0 aliphatic carbocycles. The van der Waals surface area contributed by atoms with E-state index >= 15 is 0 Å². The summed E-state index contributed by atoms with van der Waals surface area (Å²) in [6.07, 6.45) is -0.773. The normalized spacial score (nSPS) is 16.5. The standard InChI is InChI=1S/C48H41Cl2N5O9S2/c1-27-45(65-47(52-27)53-28(2)56)66(60,61)55-24-36-21-42-41(63-26-43(64-42)34-13-15-37(16-14-34)62-25-31-8-17-38(49)39(50)18-31)20-35(36)19-40(55)44(57)54-48(3,46(58)59)22-29-4-9-32(10-5-29)33-11-6-30(23-51)7-12-33/h4-18,20-21,40,43H,19,22,24-26H2,1-3H3,(H,54,57)(H,58,59)(H,52,53,56)/t40?,43-,48+/m1/s1. The molecule has 66 heavy (non-hydrogen) atoms. The molecule has 338 valence electrons. The van der Waals surface area contributed by atoms with E-state index in [2.05, 4.69) is 21.7 Å². The Kier molecular flexibility index (Phi) is 13.1. The zero-order chi connectivity index (χ0) is 46.9. The van der Waals surface area contributed by atoms with Crippen LogP contribution in [-0.2, 0) is 50.4 Å². The molecular formula is C48H41Cl2N5O9S2. The lowest BCUT2D eigenvalue weighted by molar-refractivity contribution is -0.147. The van der Waals surface area contributed by atoms with Crippen LogP contribution in [0.3, 0.4) is 0 Å². The number of hydrogen-bond donors (Lipinski definition) is 3. The second kappa shape index (κ2) is 18.8. The van der Waals surface area contributed by atoms with Gasteiger partial charge in [0.05, 0.1) is 27.4 Å². The number of aliphatic carboxylic acids is 1. The average Bonchev–Trinajstić information content (AvgIpc) is 3.68. The predicted octanol–water partition coefficient (Wildman–Crippen LogP) is 8.66. The van der Waals surface area contributed by atoms with Crippen molar-refractivity contribution in [2.24, 2.45) is 0 Å². The van der Waals surface area contributed by atoms with Crippen LogP contribution in [0.1, 0.15) is 59.0 Å². The number of carbonyl (C=O) groups excluding carboxylic acids is 2. The predicted molar refractivity (Wildman–Crippen MR) is 248 cm³/mol. The van der Waals surface area contributed by atoms with E-state index in [4.69, 9.17) is 42.7 Å². The summed E-state index contributed by atoms with van der Waals surface area (Å²) in [5.41, 5.74) is 3.90. The van der Waals surface area contributed by atoms with Crippen LogP contribution in [0.5, 0.6) is 17.2 Å². The number of aromatic nitrogens is 1. The molecule has 1 aromatic heterocycles. The van der Waals surface area contributed by atoms with Gasteiger partial charge in [0.25, 0.3) is 10.0 Å². The quantitative estimate of drug-likeness (QED) is 0.100. The molecule has 0 spiro atoms. The van der Waals surface area contributed by atoms with Gasteiger partial charge in [-0.15, -0.1) is 0 Å². The van der Waals surface area contributed by atoms with Gasteiger partial charge < -0.3 is 30.0 Å². The SMILES string of the molecule is CC(=O)Nc1nc(C)c(S(=O)(=O)N2Cc3cc4c(cc3CC2C(=O)N[C@@](C)(Cc2ccc(-c3ccc(C#N)cc3)cc2)C(=O)O)OC[C@H](c2ccc(OCc3ccc(Cl)c(Cl)c3)cc2)O4)s1. The maximum Gasteiger partial charge on any atom is 0.329 e. The van der Waals surface area contributed by atoms with E-state index in [-0.39, 0.29) is 47.6 Å². The number of halogens is 2. The molecule has 2 amide bonds. The van der Waals surface area contributed by atoms with Crippen molar-refractivity contribution in [2.75, 3.05) is 11.9 Å². The molecule has 0 bridgehead atoms. The van der Waals surface area contributed by atoms with Gasteiger partial charge in [-0.1, -0.05) is 89.1 Å². The van der Waals surface area contributed by atoms with E-state index in [1.165, 1.54) is 20.8 Å². The molecule has 3 N–H and O–H groups in total. The van der Waals surface area contributed by atoms with Crippen LogP contribution in [0.25, 0.3) is 11.1 Å². The first-order chi connectivity index (χ1) is 31.5. The number of carbonyl (C=O) groups is 3. The number of carboxylic acids is 1. The summed E-state index contributed by atoms with van der Waals surface area (Å²) in [4.78, 5) is 43.6. The second-order valence-corrected chi connectivity index (χ2v) is 20.0. The summed E-state index contributed by atoms with van der Waals surface area (Å²) in [6, 6.07) is 31.0. The topological polar surface area (TPSA) is 197 Å². The Morgan fingerprint density at radius 2 is 1.61 bits per heavy atom. The van der Waals surface area contributed by atoms with E-state index in [0.29, 0.717) is 49.5 Å². The van der Waals surface area contributed by atoms with Gasteiger partial charge in [0.1, 0.15) is 30.5 Å². The second-order valence-electron chi connectivity index (χ2n) is 16.1. The van der Waals surface area contributed by atoms with Crippen molar-refractivity contribution in [1.29, 1.82) is 5.26 Å². The lowest BCUT2D eigenvalue weighted by Gasteiger charge is -2.38. The van der Waals surface area contributed by atoms with E-state index in [0.717, 1.165) is 37.9 Å². The largest absolute Gasteiger partial charge is 0.489 e. The van der Waals surface area contributed by atoms with Crippen LogP contribution in [0.2, 0.25) is 10.0 Å². The first-order valence-electron chi connectivity index (χ1n) is 20.5. The number of thiazole rings is 1. The van der Waals surface area contributed by atoms with Gasteiger partial charge in [0.2, 0.25) is 11.8 Å². The summed E-state index contributed by atoms with van der Waals surface area (Å²) in [5.74, 6) is -1.20. The van der Waals surface area contributed by atoms with Crippen molar-refractivity contribution in [3.05, 3.63) is 152 Å². The van der Waals surface area contributed by atoms with E-state index in [1.54, 1.807) is 48.5 Å². The molecule has 0 saturated heterocycles. The molecule has 3 heterocycles. The number of rotatable bonds is 13. The van der Waals surface area contributed by atoms with Crippen molar-refractivity contribution in [1.82, 2.24) is 14.6 Å². The van der Waals surface area contributed by atoms with Crippen LogP contribution >= 0.6 is 34.5 Å². The molecule has 8 rings (SSSR count). The van der Waals surface area contributed by atoms with E-state index in [9.17, 15) is 27.9 Å². The number of anilines is 1. The molecule has 14 nitrogen and oxygen atoms in total. The van der Waals surface area contributed by atoms with Crippen LogP contribution in [0.4, 0.5) is 5.13 Å². The van der Waals surface area contributed by atoms with Crippen LogP contribution in [0, 0.1) is 18.3 Å². The Balaban J connectivity index is 1.04. The average molecular weight is 967 g/mol. The monoisotopic (exact) mass is 965 g/mol. The van der Waals surface area contributed by atoms with Gasteiger partial charge >= 0.3 is 5.97 Å². The Morgan fingerprint density at radius 1 is 0.939 bits per heavy atom. The lowest BCUT2D eigenvalue weighted by atomic mass is 9.90. The number of amides is 2. The molecular weight excluding hydrogens is 926 g/mol. The minimum absolute atomic E-state index is 0.0670. The highest BCUT2D eigenvalue weighted by Gasteiger charge is 2.45. The van der Waals surface area contributed by atoms with Crippen LogP contribution < -0.4 is 24.8 Å². The zero-order valence-corrected chi connectivity index (χ0v) is 38.8. The first-order valence-corrected chi connectivity index (χ1v) is 23.5. The molecule has 6 aromatic rings. The highest BCUT2D eigenvalue weighted by atomic mass is 35.5. The number of fused-ring (bicyclic) bond motifs is 2. The highest BCUT2D eigenvalue weighted by molar-refractivity contribution is 7.91. The number of benzene rings is 5. The van der Waals surface area contributed by atoms with Gasteiger partial charge in [-0.25, -0.2) is 18.2 Å². The number of carboxylic acid groups (broad SMARTS) is 1. The Hall–Kier alpha value is -6.48. The van der Waals surface area contributed by atoms with Gasteiger partial charge in [0, 0.05) is 19.9 Å². The smallest absolute Gasteiger partial charge is 0.329 e. The number of sulfonamides is 1. The highest BCUT2D eigenvalue weighted by Crippen LogP contribution is 2.43. The minimum atomic E-state index is -4.51. The van der Waals surface area contributed by atoms with E-state index < -0.39 is 45.5 Å². The van der Waals surface area contributed by atoms with E-state index in [1.807, 2.05) is 54.6 Å². The third-order valence-electron chi connectivity index (χ3n) is 11.3. The number of nitriles is 1. The van der Waals surface area contributed by atoms with Crippen molar-refractivity contribution in [3.8, 4) is 34.4 Å². The fraction of sp³-hybridized carbons (Fsp3) is 0.229. The lowest BCUT2D eigenvalue weighted by Crippen LogP contribution is -2.60. The fourth-order valence-corrected chi connectivity index (χ4v) is 11.2. The van der Waals surface area contributed by atoms with Gasteiger partial charge in [0.15, 0.2) is 26.9 Å². The van der Waals surface area contributed by atoms with Crippen molar-refractivity contribution in [2.45, 2.75) is 68.7 Å². The summed E-state index contributed by atoms with van der Waals surface area (Å²) in [6.45, 7) is 4.30. The fourth-order valence-electron chi connectivity index (χ4n) is 7.76. The minimum Gasteiger partial charge on any atom is -0.489 e. The summed E-state index contributed by atoms with van der Waals surface area (Å²) in [7, 11) is -4.51.